The molecule has 1 N–H and O–H groups in total. The van der Waals surface area contributed by atoms with Gasteiger partial charge in [-0.1, -0.05) is 11.2 Å². The molecule has 1 aromatic carbocycles. The van der Waals surface area contributed by atoms with Gasteiger partial charge in [-0.25, -0.2) is 0 Å². The molecule has 0 saturated carbocycles. The summed E-state index contributed by atoms with van der Waals surface area (Å²) in [7, 11) is 0. The summed E-state index contributed by atoms with van der Waals surface area (Å²) in [4.78, 5) is 23.2. The third-order valence-electron chi connectivity index (χ3n) is 1.96. The van der Waals surface area contributed by atoms with E-state index >= 15 is 0 Å². The summed E-state index contributed by atoms with van der Waals surface area (Å²) in [6.07, 6.45) is 0. The highest BCUT2D eigenvalue weighted by Gasteiger charge is 2.17. The van der Waals surface area contributed by atoms with E-state index in [1.54, 1.807) is 0 Å². The Balaban J connectivity index is 2.42. The van der Waals surface area contributed by atoms with Gasteiger partial charge in [0.1, 0.15) is 0 Å². The second kappa shape index (κ2) is 3.96. The van der Waals surface area contributed by atoms with E-state index in [0.717, 1.165) is 0 Å². The van der Waals surface area contributed by atoms with E-state index < -0.39 is 15.8 Å². The van der Waals surface area contributed by atoms with Gasteiger partial charge in [0.05, 0.1) is 4.92 Å². The predicted octanol–water partition coefficient (Wildman–Crippen LogP) is 1.29. The maximum Gasteiger partial charge on any atom is 0.453 e. The zero-order chi connectivity index (χ0) is 12.4. The summed E-state index contributed by atoms with van der Waals surface area (Å²) in [5.41, 5.74) is 0.207. The lowest BCUT2D eigenvalue weighted by atomic mass is 10.2. The van der Waals surface area contributed by atoms with Crippen molar-refractivity contribution in [3.8, 4) is 11.4 Å². The van der Waals surface area contributed by atoms with Gasteiger partial charge in [-0.15, -0.1) is 5.10 Å². The van der Waals surface area contributed by atoms with Gasteiger partial charge in [0.2, 0.25) is 0 Å². The molecule has 0 radical (unpaired) electrons. The second-order valence-corrected chi connectivity index (χ2v) is 3.05. The number of hydrogen-bond donors (Lipinski definition) is 1. The number of nitrogens with one attached hydrogen (secondary N) is 1. The SMILES string of the molecule is O=[N+]([O-])c1cccc(-c2n[nH]c([N+](=O)[O-])n2)c1. The number of aromatic amines is 1. The van der Waals surface area contributed by atoms with Crippen molar-refractivity contribution in [1.82, 2.24) is 15.2 Å². The fraction of sp³-hybridized carbons (Fsp3) is 0. The minimum Gasteiger partial charge on any atom is -0.390 e. The number of nitro benzene ring substituents is 1. The number of rotatable bonds is 3. The third kappa shape index (κ3) is 2.07. The van der Waals surface area contributed by atoms with Crippen LogP contribution < -0.4 is 0 Å². The van der Waals surface area contributed by atoms with Crippen LogP contribution in [-0.4, -0.2) is 25.0 Å². The number of benzene rings is 1. The first-order chi connectivity index (χ1) is 8.08. The van der Waals surface area contributed by atoms with E-state index in [1.165, 1.54) is 24.3 Å². The van der Waals surface area contributed by atoms with E-state index in [9.17, 15) is 20.2 Å². The molecule has 17 heavy (non-hydrogen) atoms. The van der Waals surface area contributed by atoms with Crippen molar-refractivity contribution in [2.45, 2.75) is 0 Å². The Morgan fingerprint density at radius 1 is 1.18 bits per heavy atom. The molecular formula is C8H5N5O4. The van der Waals surface area contributed by atoms with Crippen LogP contribution in [0.3, 0.4) is 0 Å². The molecule has 0 bridgehead atoms. The highest BCUT2D eigenvalue weighted by Crippen LogP contribution is 2.21. The molecule has 0 atom stereocenters. The lowest BCUT2D eigenvalue weighted by Crippen LogP contribution is -1.90. The normalized spacial score (nSPS) is 10.1. The molecule has 9 nitrogen and oxygen atoms in total. The molecule has 1 heterocycles. The Morgan fingerprint density at radius 3 is 2.53 bits per heavy atom. The minimum absolute atomic E-state index is 0.0420. The van der Waals surface area contributed by atoms with Crippen LogP contribution in [0.25, 0.3) is 11.4 Å². The lowest BCUT2D eigenvalue weighted by molar-refractivity contribution is -0.394. The van der Waals surface area contributed by atoms with Gasteiger partial charge in [0.15, 0.2) is 0 Å². The van der Waals surface area contributed by atoms with Crippen LogP contribution in [0.2, 0.25) is 0 Å². The molecule has 2 rings (SSSR count). The number of non-ortho nitro benzene ring substituents is 1. The smallest absolute Gasteiger partial charge is 0.390 e. The van der Waals surface area contributed by atoms with E-state index in [1.807, 2.05) is 0 Å². The monoisotopic (exact) mass is 235 g/mol. The molecule has 0 aliphatic rings. The molecule has 0 saturated heterocycles. The first-order valence-electron chi connectivity index (χ1n) is 4.39. The average Bonchev–Trinajstić information content (AvgIpc) is 2.78. The largest absolute Gasteiger partial charge is 0.453 e. The molecule has 9 heteroatoms. The van der Waals surface area contributed by atoms with Crippen LogP contribution >= 0.6 is 0 Å². The molecule has 0 aliphatic carbocycles. The van der Waals surface area contributed by atoms with Gasteiger partial charge in [-0.2, -0.15) is 0 Å². The molecule has 0 unspecified atom stereocenters. The van der Waals surface area contributed by atoms with Crippen molar-refractivity contribution in [3.05, 3.63) is 44.5 Å². The topological polar surface area (TPSA) is 128 Å². The maximum absolute atomic E-state index is 10.5. The Labute approximate surface area is 93.4 Å². The Hall–Kier alpha value is -2.84. The van der Waals surface area contributed by atoms with Crippen LogP contribution in [0.15, 0.2) is 24.3 Å². The van der Waals surface area contributed by atoms with Crippen LogP contribution in [0.4, 0.5) is 11.6 Å². The van der Waals surface area contributed by atoms with Crippen molar-refractivity contribution in [3.63, 3.8) is 0 Å². The van der Waals surface area contributed by atoms with Gasteiger partial charge in [0, 0.05) is 17.7 Å². The van der Waals surface area contributed by atoms with E-state index in [-0.39, 0.29) is 11.5 Å². The number of aromatic nitrogens is 3. The van der Waals surface area contributed by atoms with Gasteiger partial charge in [0.25, 0.3) is 11.5 Å². The van der Waals surface area contributed by atoms with Crippen molar-refractivity contribution in [1.29, 1.82) is 0 Å². The molecule has 0 fully saturated rings. The molecule has 0 aliphatic heterocycles. The quantitative estimate of drug-likeness (QED) is 0.630. The number of nitrogens with zero attached hydrogens (tertiary/aromatic N) is 4. The number of nitro groups is 2. The summed E-state index contributed by atoms with van der Waals surface area (Å²) in [6.45, 7) is 0. The fourth-order valence-corrected chi connectivity index (χ4v) is 1.22. The summed E-state index contributed by atoms with van der Waals surface area (Å²) >= 11 is 0. The first kappa shape index (κ1) is 10.7. The predicted molar refractivity (Wildman–Crippen MR) is 55.1 cm³/mol. The zero-order valence-electron chi connectivity index (χ0n) is 8.23. The average molecular weight is 235 g/mol. The molecule has 0 amide bonds. The van der Waals surface area contributed by atoms with Crippen LogP contribution in [0.5, 0.6) is 0 Å². The Bertz CT molecular complexity index is 593. The third-order valence-corrected chi connectivity index (χ3v) is 1.96. The van der Waals surface area contributed by atoms with Crippen molar-refractivity contribution < 1.29 is 9.85 Å². The van der Waals surface area contributed by atoms with Crippen LogP contribution in [-0.2, 0) is 0 Å². The highest BCUT2D eigenvalue weighted by atomic mass is 16.6. The van der Waals surface area contributed by atoms with Gasteiger partial charge >= 0.3 is 5.95 Å². The summed E-state index contributed by atoms with van der Waals surface area (Å²) in [5.74, 6) is -0.466. The zero-order valence-corrected chi connectivity index (χ0v) is 8.23. The lowest BCUT2D eigenvalue weighted by Gasteiger charge is -1.92. The van der Waals surface area contributed by atoms with Crippen molar-refractivity contribution in [2.75, 3.05) is 0 Å². The van der Waals surface area contributed by atoms with Crippen LogP contribution in [0, 0.1) is 20.2 Å². The van der Waals surface area contributed by atoms with E-state index in [0.29, 0.717) is 5.56 Å². The summed E-state index contributed by atoms with van der Waals surface area (Å²) in [5, 5.41) is 26.7. The molecule has 86 valence electrons. The highest BCUT2D eigenvalue weighted by molar-refractivity contribution is 5.59. The fourth-order valence-electron chi connectivity index (χ4n) is 1.22. The van der Waals surface area contributed by atoms with Crippen molar-refractivity contribution >= 4 is 11.6 Å². The van der Waals surface area contributed by atoms with Gasteiger partial charge < -0.3 is 10.1 Å². The second-order valence-electron chi connectivity index (χ2n) is 3.05. The van der Waals surface area contributed by atoms with Gasteiger partial charge in [-0.05, 0) is 16.0 Å². The first-order valence-corrected chi connectivity index (χ1v) is 4.39. The van der Waals surface area contributed by atoms with Crippen molar-refractivity contribution in [2.24, 2.45) is 0 Å². The van der Waals surface area contributed by atoms with E-state index in [2.05, 4.69) is 15.2 Å². The molecule has 1 aromatic heterocycles. The van der Waals surface area contributed by atoms with Gasteiger partial charge in [-0.3, -0.25) is 10.1 Å². The number of hydrogen-bond acceptors (Lipinski definition) is 6. The van der Waals surface area contributed by atoms with Crippen LogP contribution in [0.1, 0.15) is 0 Å². The Kier molecular flexibility index (Phi) is 2.49. The Morgan fingerprint density at radius 2 is 1.94 bits per heavy atom. The molecule has 0 spiro atoms. The molecular weight excluding hydrogens is 230 g/mol. The van der Waals surface area contributed by atoms with E-state index in [4.69, 9.17) is 0 Å². The number of H-pyrrole nitrogens is 1. The summed E-state index contributed by atoms with van der Waals surface area (Å²) < 4.78 is 0. The maximum atomic E-state index is 10.5. The summed E-state index contributed by atoms with van der Waals surface area (Å²) in [6, 6.07) is 5.53. The standard InChI is InChI=1S/C8H5N5O4/c14-12(15)6-3-1-2-5(4-6)7-9-8(11-10-7)13(16)17/h1-4H,(H,9,10,11). The molecule has 2 aromatic rings. The minimum atomic E-state index is -0.728.